The lowest BCUT2D eigenvalue weighted by Gasteiger charge is -2.38. The maximum atomic E-state index is 12.9. The van der Waals surface area contributed by atoms with Gasteiger partial charge in [0, 0.05) is 11.1 Å². The highest BCUT2D eigenvalue weighted by Crippen LogP contribution is 2.41. The fourth-order valence-corrected chi connectivity index (χ4v) is 10.5. The van der Waals surface area contributed by atoms with Crippen molar-refractivity contribution in [3.05, 3.63) is 71.8 Å². The maximum absolute atomic E-state index is 12.9. The standard InChI is InChI=1S/C30H34O3Si/c1-20(2)34(21(3)4,22(5)6)18-17-25-19-28(29(31)30(32)33-7)27-16-14-24(13-15-26(25)27)23-11-9-8-10-12-23/h8-16,19-22H,1-7H3. The molecule has 1 aromatic rings. The normalized spacial score (nSPS) is 11.6. The fourth-order valence-electron chi connectivity index (χ4n) is 5.28. The lowest BCUT2D eigenvalue weighted by molar-refractivity contribution is -0.135. The molecule has 0 heterocycles. The molecule has 0 bridgehead atoms. The lowest BCUT2D eigenvalue weighted by Crippen LogP contribution is -2.43. The van der Waals surface area contributed by atoms with Gasteiger partial charge in [0.05, 0.1) is 7.11 Å². The van der Waals surface area contributed by atoms with Crippen LogP contribution in [-0.2, 0) is 9.53 Å². The summed E-state index contributed by atoms with van der Waals surface area (Å²) in [4.78, 5) is 25.0. The number of carbonyl (C=O) groups excluding carboxylic acids is 2. The second-order valence-electron chi connectivity index (χ2n) is 9.75. The van der Waals surface area contributed by atoms with Crippen molar-refractivity contribution >= 4 is 19.8 Å². The van der Waals surface area contributed by atoms with Gasteiger partial charge in [0.1, 0.15) is 8.07 Å². The van der Waals surface area contributed by atoms with Gasteiger partial charge in [-0.25, -0.2) is 4.79 Å². The van der Waals surface area contributed by atoms with Gasteiger partial charge >= 0.3 is 5.97 Å². The third-order valence-electron chi connectivity index (χ3n) is 7.02. The third-order valence-corrected chi connectivity index (χ3v) is 13.3. The minimum Gasteiger partial charge on any atom is -0.463 e. The number of hydrogen-bond donors (Lipinski definition) is 0. The van der Waals surface area contributed by atoms with E-state index in [4.69, 9.17) is 4.74 Å². The first-order valence-corrected chi connectivity index (χ1v) is 14.1. The summed E-state index contributed by atoms with van der Waals surface area (Å²) in [5.41, 5.74) is 10.1. The topological polar surface area (TPSA) is 43.4 Å². The van der Waals surface area contributed by atoms with E-state index in [-0.39, 0.29) is 0 Å². The molecule has 0 fully saturated rings. The number of esters is 1. The molecule has 0 atom stereocenters. The molecule has 2 aliphatic carbocycles. The number of ketones is 1. The molecule has 0 aliphatic heterocycles. The molecule has 0 aromatic heterocycles. The van der Waals surface area contributed by atoms with Crippen LogP contribution in [0.3, 0.4) is 0 Å². The molecule has 0 unspecified atom stereocenters. The molecule has 0 saturated heterocycles. The Morgan fingerprint density at radius 3 is 1.82 bits per heavy atom. The van der Waals surface area contributed by atoms with Gasteiger partial charge in [0.15, 0.2) is 0 Å². The lowest BCUT2D eigenvalue weighted by atomic mass is 10.1. The van der Waals surface area contributed by atoms with Crippen molar-refractivity contribution in [1.29, 1.82) is 0 Å². The summed E-state index contributed by atoms with van der Waals surface area (Å²) in [7, 11) is -0.736. The molecular weight excluding hydrogens is 436 g/mol. The highest BCUT2D eigenvalue weighted by molar-refractivity contribution is 6.90. The summed E-state index contributed by atoms with van der Waals surface area (Å²) in [6, 6.07) is 19.8. The van der Waals surface area contributed by atoms with Crippen LogP contribution >= 0.6 is 0 Å². The van der Waals surface area contributed by atoms with E-state index in [1.807, 2.05) is 42.5 Å². The van der Waals surface area contributed by atoms with Crippen molar-refractivity contribution in [2.45, 2.75) is 58.2 Å². The quantitative estimate of drug-likeness (QED) is 0.124. The molecule has 4 heteroatoms. The second kappa shape index (κ2) is 10.4. The Hall–Kier alpha value is -3.16. The number of carbonyl (C=O) groups is 2. The highest BCUT2D eigenvalue weighted by atomic mass is 28.3. The van der Waals surface area contributed by atoms with Gasteiger partial charge in [-0.1, -0.05) is 102 Å². The summed E-state index contributed by atoms with van der Waals surface area (Å²) in [5.74, 6) is 1.98. The smallest absolute Gasteiger partial charge is 0.379 e. The first-order chi connectivity index (χ1) is 16.1. The molecule has 0 N–H and O–H groups in total. The Morgan fingerprint density at radius 1 is 0.765 bits per heavy atom. The van der Waals surface area contributed by atoms with E-state index in [1.165, 1.54) is 7.11 Å². The first kappa shape index (κ1) is 25.5. The third kappa shape index (κ3) is 4.72. The number of benzene rings is 1. The summed E-state index contributed by atoms with van der Waals surface area (Å²) in [6.07, 6.45) is 0. The predicted octanol–water partition coefficient (Wildman–Crippen LogP) is 7.38. The Morgan fingerprint density at radius 2 is 1.29 bits per heavy atom. The van der Waals surface area contributed by atoms with Gasteiger partial charge in [0.25, 0.3) is 5.78 Å². The molecule has 1 aromatic carbocycles. The summed E-state index contributed by atoms with van der Waals surface area (Å²) < 4.78 is 4.73. The largest absolute Gasteiger partial charge is 0.463 e. The first-order valence-electron chi connectivity index (χ1n) is 11.9. The van der Waals surface area contributed by atoms with Crippen molar-refractivity contribution in [1.82, 2.24) is 0 Å². The van der Waals surface area contributed by atoms with E-state index >= 15 is 0 Å². The molecule has 0 spiro atoms. The average molecular weight is 471 g/mol. The van der Waals surface area contributed by atoms with E-state index in [1.54, 1.807) is 6.07 Å². The molecule has 0 amide bonds. The van der Waals surface area contributed by atoms with Gasteiger partial charge in [-0.3, -0.25) is 4.79 Å². The molecule has 3 rings (SSSR count). The number of hydrogen-bond acceptors (Lipinski definition) is 3. The zero-order valence-corrected chi connectivity index (χ0v) is 22.2. The Labute approximate surface area is 204 Å². The maximum Gasteiger partial charge on any atom is 0.379 e. The molecule has 0 saturated carbocycles. The molecule has 0 radical (unpaired) electrons. The van der Waals surface area contributed by atoms with E-state index in [9.17, 15) is 9.59 Å². The van der Waals surface area contributed by atoms with Crippen molar-refractivity contribution in [2.24, 2.45) is 0 Å². The zero-order chi connectivity index (χ0) is 25.0. The summed E-state index contributed by atoms with van der Waals surface area (Å²) in [5, 5.41) is 0. The van der Waals surface area contributed by atoms with Crippen LogP contribution in [0.15, 0.2) is 60.7 Å². The van der Waals surface area contributed by atoms with Crippen molar-refractivity contribution in [2.75, 3.05) is 7.11 Å². The van der Waals surface area contributed by atoms with Crippen molar-refractivity contribution in [3.8, 4) is 33.7 Å². The second-order valence-corrected chi connectivity index (χ2v) is 15.3. The van der Waals surface area contributed by atoms with Crippen molar-refractivity contribution in [3.63, 3.8) is 0 Å². The van der Waals surface area contributed by atoms with E-state index in [0.29, 0.717) is 27.8 Å². The molecule has 3 nitrogen and oxygen atoms in total. The Balaban J connectivity index is 2.26. The Kier molecular flexibility index (Phi) is 7.79. The van der Waals surface area contributed by atoms with Crippen LogP contribution in [0.5, 0.6) is 0 Å². The van der Waals surface area contributed by atoms with Crippen LogP contribution < -0.4 is 0 Å². The minimum absolute atomic E-state index is 0.340. The Bertz CT molecular complexity index is 1190. The van der Waals surface area contributed by atoms with Gasteiger partial charge in [0.2, 0.25) is 0 Å². The van der Waals surface area contributed by atoms with Gasteiger partial charge in [-0.05, 0) is 44.9 Å². The SMILES string of the molecule is COC(=O)C(=O)c1cc(C#C[Si](C(C)C)(C(C)C)C(C)C)c2ccc(-c3ccccc3)ccc1-2. The summed E-state index contributed by atoms with van der Waals surface area (Å²) >= 11 is 0. The number of methoxy groups -OCH3 is 1. The fraction of sp³-hybridized carbons (Fsp3) is 0.333. The highest BCUT2D eigenvalue weighted by Gasteiger charge is 2.41. The number of fused-ring (bicyclic) bond motifs is 1. The zero-order valence-electron chi connectivity index (χ0n) is 21.2. The van der Waals surface area contributed by atoms with Crippen LogP contribution in [0.2, 0.25) is 16.6 Å². The molecule has 176 valence electrons. The van der Waals surface area contributed by atoms with Crippen LogP contribution in [0, 0.1) is 11.5 Å². The van der Waals surface area contributed by atoms with Crippen LogP contribution in [-0.4, -0.2) is 26.9 Å². The number of ether oxygens (including phenoxy) is 1. The molecular formula is C30H34O3Si. The van der Waals surface area contributed by atoms with Crippen LogP contribution in [0.4, 0.5) is 0 Å². The molecule has 34 heavy (non-hydrogen) atoms. The number of Topliss-reactive ketones (excluding diaryl/α,β-unsaturated/α-hetero) is 1. The van der Waals surface area contributed by atoms with Crippen LogP contribution in [0.1, 0.15) is 57.5 Å². The predicted molar refractivity (Wildman–Crippen MR) is 143 cm³/mol. The van der Waals surface area contributed by atoms with E-state index in [2.05, 4.69) is 65.1 Å². The van der Waals surface area contributed by atoms with Crippen molar-refractivity contribution < 1.29 is 14.3 Å². The monoisotopic (exact) mass is 470 g/mol. The average Bonchev–Trinajstić information content (AvgIpc) is 3.00. The van der Waals surface area contributed by atoms with E-state index < -0.39 is 19.8 Å². The van der Waals surface area contributed by atoms with Gasteiger partial charge < -0.3 is 4.74 Å². The summed E-state index contributed by atoms with van der Waals surface area (Å²) in [6.45, 7) is 13.7. The van der Waals surface area contributed by atoms with Gasteiger partial charge in [-0.2, -0.15) is 0 Å². The van der Waals surface area contributed by atoms with E-state index in [0.717, 1.165) is 22.3 Å². The van der Waals surface area contributed by atoms with Crippen LogP contribution in [0.25, 0.3) is 22.3 Å². The minimum atomic E-state index is -1.97. The number of rotatable bonds is 6. The molecule has 2 aliphatic rings. The van der Waals surface area contributed by atoms with Gasteiger partial charge in [-0.15, -0.1) is 5.54 Å².